The third-order valence-corrected chi connectivity index (χ3v) is 5.41. The normalized spacial score (nSPS) is 28.2. The van der Waals surface area contributed by atoms with Crippen LogP contribution in [0.5, 0.6) is 0 Å². The van der Waals surface area contributed by atoms with Gasteiger partial charge in [-0.25, -0.2) is 4.79 Å². The Balaban J connectivity index is 1.63. The summed E-state index contributed by atoms with van der Waals surface area (Å²) in [6.07, 6.45) is 6.66. The number of nitrogens with one attached hydrogen (secondary N) is 1. The summed E-state index contributed by atoms with van der Waals surface area (Å²) < 4.78 is 0. The average Bonchev–Trinajstić information content (AvgIpc) is 2.84. The minimum Gasteiger partial charge on any atom is -0.323 e. The van der Waals surface area contributed by atoms with Gasteiger partial charge in [-0.3, -0.25) is 14.7 Å². The molecule has 1 aromatic heterocycles. The summed E-state index contributed by atoms with van der Waals surface area (Å²) in [6.45, 7) is 7.03. The molecule has 0 spiro atoms. The maximum absolute atomic E-state index is 12.7. The maximum Gasteiger partial charge on any atom is 0.325 e. The van der Waals surface area contributed by atoms with Crippen molar-refractivity contribution in [1.82, 2.24) is 20.1 Å². The zero-order valence-corrected chi connectivity index (χ0v) is 14.5. The third kappa shape index (κ3) is 3.15. The Bertz CT molecular complexity index is 606. The standard InChI is InChI=1S/C18H26N4O2/c1-3-22-16(23)18(2,20-17(22)24)15-5-4-11-21(13-15)12-8-14-6-9-19-10-7-14/h6-7,9-10,15H,3-5,8,11-13H2,1-2H3,(H,20,24)/t15-,18+/m1/s1. The number of carbonyl (C=O) groups is 2. The first-order valence-electron chi connectivity index (χ1n) is 8.80. The second-order valence-corrected chi connectivity index (χ2v) is 6.93. The molecule has 0 saturated carbocycles. The summed E-state index contributed by atoms with van der Waals surface area (Å²) in [5.41, 5.74) is 0.517. The third-order valence-electron chi connectivity index (χ3n) is 5.41. The molecule has 2 fully saturated rings. The van der Waals surface area contributed by atoms with Gasteiger partial charge >= 0.3 is 6.03 Å². The molecule has 0 radical (unpaired) electrons. The molecule has 1 N–H and O–H groups in total. The highest BCUT2D eigenvalue weighted by atomic mass is 16.2. The van der Waals surface area contributed by atoms with Crippen molar-refractivity contribution in [3.05, 3.63) is 30.1 Å². The van der Waals surface area contributed by atoms with Crippen molar-refractivity contribution in [3.63, 3.8) is 0 Å². The highest BCUT2D eigenvalue weighted by molar-refractivity contribution is 6.07. The van der Waals surface area contributed by atoms with Gasteiger partial charge in [-0.2, -0.15) is 0 Å². The summed E-state index contributed by atoms with van der Waals surface area (Å²) in [7, 11) is 0. The molecule has 130 valence electrons. The number of hydrogen-bond donors (Lipinski definition) is 1. The lowest BCUT2D eigenvalue weighted by atomic mass is 9.80. The fourth-order valence-corrected chi connectivity index (χ4v) is 3.85. The van der Waals surface area contributed by atoms with Gasteiger partial charge in [-0.15, -0.1) is 0 Å². The molecular formula is C18H26N4O2. The van der Waals surface area contributed by atoms with Gasteiger partial charge in [0.1, 0.15) is 5.54 Å². The quantitative estimate of drug-likeness (QED) is 0.834. The van der Waals surface area contributed by atoms with Crippen molar-refractivity contribution in [2.24, 2.45) is 5.92 Å². The molecule has 0 bridgehead atoms. The topological polar surface area (TPSA) is 65.5 Å². The van der Waals surface area contributed by atoms with Crippen molar-refractivity contribution >= 4 is 11.9 Å². The Hall–Kier alpha value is -1.95. The number of piperidine rings is 1. The number of urea groups is 1. The van der Waals surface area contributed by atoms with Crippen LogP contribution < -0.4 is 5.32 Å². The van der Waals surface area contributed by atoms with Crippen LogP contribution in [0.3, 0.4) is 0 Å². The van der Waals surface area contributed by atoms with E-state index in [0.29, 0.717) is 6.54 Å². The molecule has 6 nitrogen and oxygen atoms in total. The zero-order valence-electron chi connectivity index (χ0n) is 14.5. The lowest BCUT2D eigenvalue weighted by Crippen LogP contribution is -2.56. The van der Waals surface area contributed by atoms with E-state index in [1.807, 2.05) is 38.4 Å². The van der Waals surface area contributed by atoms with Crippen molar-refractivity contribution in [1.29, 1.82) is 0 Å². The smallest absolute Gasteiger partial charge is 0.323 e. The maximum atomic E-state index is 12.7. The van der Waals surface area contributed by atoms with Crippen LogP contribution in [0.1, 0.15) is 32.3 Å². The van der Waals surface area contributed by atoms with Gasteiger partial charge in [0.15, 0.2) is 0 Å². The lowest BCUT2D eigenvalue weighted by molar-refractivity contribution is -0.133. The van der Waals surface area contributed by atoms with Gasteiger partial charge in [0.05, 0.1) is 0 Å². The Morgan fingerprint density at radius 1 is 1.33 bits per heavy atom. The molecule has 1 aromatic rings. The highest BCUT2D eigenvalue weighted by Crippen LogP contribution is 2.32. The summed E-state index contributed by atoms with van der Waals surface area (Å²) in [5.74, 6) is 0.0904. The molecule has 2 aliphatic heterocycles. The monoisotopic (exact) mass is 330 g/mol. The number of rotatable bonds is 5. The fourth-order valence-electron chi connectivity index (χ4n) is 3.85. The average molecular weight is 330 g/mol. The Morgan fingerprint density at radius 2 is 2.08 bits per heavy atom. The summed E-state index contributed by atoms with van der Waals surface area (Å²) in [4.78, 5) is 32.5. The van der Waals surface area contributed by atoms with E-state index < -0.39 is 5.54 Å². The molecular weight excluding hydrogens is 304 g/mol. The first kappa shape index (κ1) is 16.9. The number of aromatic nitrogens is 1. The van der Waals surface area contributed by atoms with E-state index in [1.54, 1.807) is 0 Å². The fraction of sp³-hybridized carbons (Fsp3) is 0.611. The van der Waals surface area contributed by atoms with E-state index in [9.17, 15) is 9.59 Å². The Morgan fingerprint density at radius 3 is 2.75 bits per heavy atom. The minimum atomic E-state index is -0.761. The van der Waals surface area contributed by atoms with Crippen molar-refractivity contribution in [2.75, 3.05) is 26.2 Å². The predicted octanol–water partition coefficient (Wildman–Crippen LogP) is 1.67. The van der Waals surface area contributed by atoms with Crippen LogP contribution in [0.15, 0.2) is 24.5 Å². The zero-order chi connectivity index (χ0) is 17.2. The molecule has 6 heteroatoms. The largest absolute Gasteiger partial charge is 0.325 e. The van der Waals surface area contributed by atoms with Crippen molar-refractivity contribution in [2.45, 2.75) is 38.6 Å². The van der Waals surface area contributed by atoms with Gasteiger partial charge in [-0.05, 0) is 57.4 Å². The SMILES string of the molecule is CCN1C(=O)N[C@@](C)([C@@H]2CCCN(CCc3ccncc3)C2)C1=O. The lowest BCUT2D eigenvalue weighted by Gasteiger charge is -2.39. The minimum absolute atomic E-state index is 0.0732. The van der Waals surface area contributed by atoms with Crippen LogP contribution in [-0.2, 0) is 11.2 Å². The van der Waals surface area contributed by atoms with Crippen molar-refractivity contribution < 1.29 is 9.59 Å². The van der Waals surface area contributed by atoms with Gasteiger partial charge in [0.2, 0.25) is 0 Å². The number of pyridine rings is 1. The first-order chi connectivity index (χ1) is 11.5. The Kier molecular flexibility index (Phi) is 4.85. The predicted molar refractivity (Wildman–Crippen MR) is 91.4 cm³/mol. The van der Waals surface area contributed by atoms with Crippen LogP contribution in [0.25, 0.3) is 0 Å². The summed E-state index contributed by atoms with van der Waals surface area (Å²) in [6, 6.07) is 3.84. The first-order valence-corrected chi connectivity index (χ1v) is 8.80. The molecule has 2 atom stereocenters. The van der Waals surface area contributed by atoms with E-state index in [4.69, 9.17) is 0 Å². The second kappa shape index (κ2) is 6.89. The van der Waals surface area contributed by atoms with Crippen LogP contribution >= 0.6 is 0 Å². The van der Waals surface area contributed by atoms with E-state index in [0.717, 1.165) is 38.9 Å². The van der Waals surface area contributed by atoms with E-state index in [-0.39, 0.29) is 17.9 Å². The number of likely N-dealkylation sites (N-methyl/N-ethyl adjacent to an activating group) is 1. The summed E-state index contributed by atoms with van der Waals surface area (Å²) in [5, 5.41) is 2.95. The highest BCUT2D eigenvalue weighted by Gasteiger charge is 2.52. The molecule has 2 aliphatic rings. The van der Waals surface area contributed by atoms with Gasteiger partial charge in [-0.1, -0.05) is 0 Å². The number of nitrogens with zero attached hydrogens (tertiary/aromatic N) is 3. The second-order valence-electron chi connectivity index (χ2n) is 6.93. The van der Waals surface area contributed by atoms with Crippen LogP contribution in [0.4, 0.5) is 4.79 Å². The number of likely N-dealkylation sites (tertiary alicyclic amines) is 1. The molecule has 3 amide bonds. The molecule has 3 rings (SSSR count). The number of imide groups is 1. The van der Waals surface area contributed by atoms with Gasteiger partial charge in [0, 0.05) is 37.9 Å². The molecule has 3 heterocycles. The van der Waals surface area contributed by atoms with Gasteiger partial charge < -0.3 is 10.2 Å². The molecule has 0 aliphatic carbocycles. The van der Waals surface area contributed by atoms with E-state index in [2.05, 4.69) is 15.2 Å². The Labute approximate surface area is 143 Å². The van der Waals surface area contributed by atoms with Gasteiger partial charge in [0.25, 0.3) is 5.91 Å². The van der Waals surface area contributed by atoms with Crippen molar-refractivity contribution in [3.8, 4) is 0 Å². The van der Waals surface area contributed by atoms with Crippen LogP contribution in [-0.4, -0.2) is 58.4 Å². The van der Waals surface area contributed by atoms with Crippen LogP contribution in [0, 0.1) is 5.92 Å². The van der Waals surface area contributed by atoms with Crippen LogP contribution in [0.2, 0.25) is 0 Å². The van der Waals surface area contributed by atoms with E-state index >= 15 is 0 Å². The number of amides is 3. The molecule has 0 unspecified atom stereocenters. The summed E-state index contributed by atoms with van der Waals surface area (Å²) >= 11 is 0. The molecule has 0 aromatic carbocycles. The number of carbonyl (C=O) groups excluding carboxylic acids is 2. The number of hydrogen-bond acceptors (Lipinski definition) is 4. The molecule has 2 saturated heterocycles. The molecule has 24 heavy (non-hydrogen) atoms. The van der Waals surface area contributed by atoms with E-state index in [1.165, 1.54) is 10.5 Å².